The predicted molar refractivity (Wildman–Crippen MR) is 107 cm³/mol. The van der Waals surface area contributed by atoms with Crippen LogP contribution in [0.2, 0.25) is 0 Å². The molecule has 1 fully saturated rings. The van der Waals surface area contributed by atoms with Crippen LogP contribution in [0.15, 0.2) is 44.7 Å². The number of anilines is 1. The number of nitrogens with zero attached hydrogens (tertiary/aromatic N) is 6. The van der Waals surface area contributed by atoms with E-state index < -0.39 is 23.3 Å². The number of H-pyrrole nitrogens is 1. The zero-order valence-electron chi connectivity index (χ0n) is 17.1. The molecule has 14 heteroatoms. The molecule has 1 amide bonds. The Balaban J connectivity index is 1.31. The van der Waals surface area contributed by atoms with Gasteiger partial charge in [0.25, 0.3) is 5.56 Å². The average Bonchev–Trinajstić information content (AvgIpc) is 3.30. The zero-order chi connectivity index (χ0) is 23.6. The third kappa shape index (κ3) is 5.10. The van der Waals surface area contributed by atoms with Gasteiger partial charge in [-0.2, -0.15) is 18.2 Å². The van der Waals surface area contributed by atoms with Crippen LogP contribution in [0, 0.1) is 0 Å². The minimum absolute atomic E-state index is 0.115. The molecule has 0 unspecified atom stereocenters. The van der Waals surface area contributed by atoms with Crippen molar-refractivity contribution in [1.29, 1.82) is 0 Å². The SMILES string of the molecule is O=C(CCn1ccc(=O)[nH]c1=O)N1CCN(c2ccc(-c3noc(C(F)(F)F)n3)cn2)CC1. The molecule has 11 nitrogen and oxygen atoms in total. The molecular formula is C19H18F3N7O4. The van der Waals surface area contributed by atoms with Crippen LogP contribution in [0.5, 0.6) is 0 Å². The summed E-state index contributed by atoms with van der Waals surface area (Å²) in [5, 5.41) is 3.33. The van der Waals surface area contributed by atoms with Gasteiger partial charge >= 0.3 is 17.8 Å². The molecule has 0 atom stereocenters. The Morgan fingerprint density at radius 1 is 1.12 bits per heavy atom. The number of aryl methyl sites for hydroxylation is 1. The van der Waals surface area contributed by atoms with Gasteiger partial charge in [0.2, 0.25) is 11.7 Å². The Bertz CT molecular complexity index is 1240. The van der Waals surface area contributed by atoms with Gasteiger partial charge in [0.05, 0.1) is 0 Å². The Kier molecular flexibility index (Phi) is 5.98. The lowest BCUT2D eigenvalue weighted by Crippen LogP contribution is -2.49. The van der Waals surface area contributed by atoms with Crippen molar-refractivity contribution in [3.8, 4) is 11.4 Å². The third-order valence-electron chi connectivity index (χ3n) is 5.09. The number of nitrogens with one attached hydrogen (secondary N) is 1. The number of rotatable bonds is 5. The number of amides is 1. The lowest BCUT2D eigenvalue weighted by Gasteiger charge is -2.35. The van der Waals surface area contributed by atoms with Crippen LogP contribution in [0.25, 0.3) is 11.4 Å². The first-order valence-corrected chi connectivity index (χ1v) is 9.90. The van der Waals surface area contributed by atoms with E-state index in [4.69, 9.17) is 0 Å². The van der Waals surface area contributed by atoms with Gasteiger partial charge in [-0.25, -0.2) is 9.78 Å². The molecular weight excluding hydrogens is 447 g/mol. The first-order valence-electron chi connectivity index (χ1n) is 9.90. The number of pyridine rings is 1. The fourth-order valence-electron chi connectivity index (χ4n) is 3.34. The number of aromatic nitrogens is 5. The van der Waals surface area contributed by atoms with Crippen LogP contribution in [0.1, 0.15) is 12.3 Å². The van der Waals surface area contributed by atoms with Crippen molar-refractivity contribution in [1.82, 2.24) is 29.6 Å². The molecule has 4 rings (SSSR count). The number of carbonyl (C=O) groups excluding carboxylic acids is 1. The minimum Gasteiger partial charge on any atom is -0.353 e. The maximum absolute atomic E-state index is 12.6. The normalized spacial score (nSPS) is 14.5. The van der Waals surface area contributed by atoms with Crippen LogP contribution in [0.4, 0.5) is 19.0 Å². The molecule has 33 heavy (non-hydrogen) atoms. The first-order chi connectivity index (χ1) is 15.7. The van der Waals surface area contributed by atoms with E-state index in [9.17, 15) is 27.6 Å². The molecule has 1 aliphatic rings. The highest BCUT2D eigenvalue weighted by Gasteiger charge is 2.38. The molecule has 3 aromatic heterocycles. The Morgan fingerprint density at radius 3 is 2.48 bits per heavy atom. The van der Waals surface area contributed by atoms with E-state index in [1.54, 1.807) is 17.0 Å². The maximum Gasteiger partial charge on any atom is 0.471 e. The molecule has 0 aliphatic carbocycles. The van der Waals surface area contributed by atoms with Gasteiger partial charge in [-0.05, 0) is 12.1 Å². The molecule has 1 N–H and O–H groups in total. The van der Waals surface area contributed by atoms with E-state index in [1.165, 1.54) is 23.0 Å². The smallest absolute Gasteiger partial charge is 0.353 e. The zero-order valence-corrected chi connectivity index (χ0v) is 17.1. The van der Waals surface area contributed by atoms with Crippen LogP contribution in [-0.4, -0.2) is 61.7 Å². The molecule has 0 bridgehead atoms. The van der Waals surface area contributed by atoms with Crippen LogP contribution in [-0.2, 0) is 17.5 Å². The van der Waals surface area contributed by atoms with Gasteiger partial charge < -0.3 is 18.9 Å². The predicted octanol–water partition coefficient (Wildman–Crippen LogP) is 0.739. The highest BCUT2D eigenvalue weighted by atomic mass is 19.4. The van der Waals surface area contributed by atoms with E-state index in [1.807, 2.05) is 4.90 Å². The number of hydrogen-bond acceptors (Lipinski definition) is 8. The monoisotopic (exact) mass is 465 g/mol. The highest BCUT2D eigenvalue weighted by Crippen LogP contribution is 2.29. The molecule has 0 spiro atoms. The fourth-order valence-corrected chi connectivity index (χ4v) is 3.34. The largest absolute Gasteiger partial charge is 0.471 e. The summed E-state index contributed by atoms with van der Waals surface area (Å²) >= 11 is 0. The van der Waals surface area contributed by atoms with E-state index in [-0.39, 0.29) is 30.3 Å². The maximum atomic E-state index is 12.6. The van der Waals surface area contributed by atoms with E-state index in [0.717, 1.165) is 0 Å². The quantitative estimate of drug-likeness (QED) is 0.584. The summed E-state index contributed by atoms with van der Waals surface area (Å²) in [6.45, 7) is 2.07. The summed E-state index contributed by atoms with van der Waals surface area (Å²) < 4.78 is 43.3. The first kappa shape index (κ1) is 22.2. The number of piperazine rings is 1. The van der Waals surface area contributed by atoms with Gasteiger partial charge in [-0.1, -0.05) is 5.16 Å². The molecule has 0 aromatic carbocycles. The van der Waals surface area contributed by atoms with Gasteiger partial charge in [0.1, 0.15) is 5.82 Å². The lowest BCUT2D eigenvalue weighted by molar-refractivity contribution is -0.159. The van der Waals surface area contributed by atoms with E-state index in [2.05, 4.69) is 24.6 Å². The molecule has 3 aromatic rings. The Hall–Kier alpha value is -3.97. The summed E-state index contributed by atoms with van der Waals surface area (Å²) in [7, 11) is 0. The molecule has 1 saturated heterocycles. The fraction of sp³-hybridized carbons (Fsp3) is 0.368. The van der Waals surface area contributed by atoms with Gasteiger partial charge in [-0.15, -0.1) is 0 Å². The second kappa shape index (κ2) is 8.88. The summed E-state index contributed by atoms with van der Waals surface area (Å²) in [4.78, 5) is 48.6. The molecule has 4 heterocycles. The van der Waals surface area contributed by atoms with Crippen LogP contribution in [0.3, 0.4) is 0 Å². The number of carbonyl (C=O) groups is 1. The Labute approximate surface area is 183 Å². The summed E-state index contributed by atoms with van der Waals surface area (Å²) in [6, 6.07) is 4.41. The number of aromatic amines is 1. The van der Waals surface area contributed by atoms with Crippen molar-refractivity contribution in [2.45, 2.75) is 19.1 Å². The van der Waals surface area contributed by atoms with Crippen molar-refractivity contribution < 1.29 is 22.5 Å². The summed E-state index contributed by atoms with van der Waals surface area (Å²) in [5.74, 6) is -1.15. The number of hydrogen-bond donors (Lipinski definition) is 1. The third-order valence-corrected chi connectivity index (χ3v) is 5.09. The van der Waals surface area contributed by atoms with Crippen molar-refractivity contribution >= 4 is 11.7 Å². The second-order valence-corrected chi connectivity index (χ2v) is 7.25. The van der Waals surface area contributed by atoms with E-state index >= 15 is 0 Å². The minimum atomic E-state index is -4.72. The van der Waals surface area contributed by atoms with Crippen molar-refractivity contribution in [2.75, 3.05) is 31.1 Å². The van der Waals surface area contributed by atoms with E-state index in [0.29, 0.717) is 32.0 Å². The van der Waals surface area contributed by atoms with Gasteiger partial charge in [0, 0.05) is 63.2 Å². The molecule has 0 saturated carbocycles. The summed E-state index contributed by atoms with van der Waals surface area (Å²) in [6.07, 6.45) is -1.89. The molecule has 1 aliphatic heterocycles. The van der Waals surface area contributed by atoms with Gasteiger partial charge in [0.15, 0.2) is 0 Å². The molecule has 174 valence electrons. The van der Waals surface area contributed by atoms with Crippen molar-refractivity contribution in [3.05, 3.63) is 57.3 Å². The van der Waals surface area contributed by atoms with Gasteiger partial charge in [-0.3, -0.25) is 14.6 Å². The number of alkyl halides is 3. The highest BCUT2D eigenvalue weighted by molar-refractivity contribution is 5.76. The van der Waals surface area contributed by atoms with Crippen molar-refractivity contribution in [2.24, 2.45) is 0 Å². The van der Waals surface area contributed by atoms with Crippen LogP contribution < -0.4 is 16.1 Å². The van der Waals surface area contributed by atoms with Crippen molar-refractivity contribution in [3.63, 3.8) is 0 Å². The standard InChI is InChI=1S/C19H18F3N7O4/c20-19(21,22)17-25-16(26-33-17)12-1-2-13(23-11-12)27-7-9-28(10-8-27)15(31)4-6-29-5-3-14(30)24-18(29)32/h1-3,5,11H,4,6-10H2,(H,24,30,32). The molecule has 0 radical (unpaired) electrons. The van der Waals surface area contributed by atoms with Crippen LogP contribution >= 0.6 is 0 Å². The average molecular weight is 465 g/mol. The Morgan fingerprint density at radius 2 is 1.88 bits per heavy atom. The number of halogens is 3. The topological polar surface area (TPSA) is 130 Å². The summed E-state index contributed by atoms with van der Waals surface area (Å²) in [5.41, 5.74) is -0.780. The lowest BCUT2D eigenvalue weighted by atomic mass is 10.2. The second-order valence-electron chi connectivity index (χ2n) is 7.25.